The third kappa shape index (κ3) is 3.13. The second-order valence-corrected chi connectivity index (χ2v) is 7.29. The lowest BCUT2D eigenvalue weighted by atomic mass is 10.2. The summed E-state index contributed by atoms with van der Waals surface area (Å²) in [4.78, 5) is 13.4. The highest BCUT2D eigenvalue weighted by atomic mass is 35.5. The fourth-order valence-electron chi connectivity index (χ4n) is 2.25. The molecule has 1 aromatic rings. The molecule has 7 heteroatoms. The highest BCUT2D eigenvalue weighted by molar-refractivity contribution is 7.88. The molecule has 5 nitrogen and oxygen atoms in total. The molecule has 0 N–H and O–H groups in total. The summed E-state index contributed by atoms with van der Waals surface area (Å²) in [5, 5.41) is 0.564. The van der Waals surface area contributed by atoms with Crippen LogP contribution in [0.5, 0.6) is 0 Å². The Morgan fingerprint density at radius 3 is 2.45 bits per heavy atom. The van der Waals surface area contributed by atoms with Crippen LogP contribution in [0.3, 0.4) is 0 Å². The molecule has 1 aliphatic rings. The van der Waals surface area contributed by atoms with E-state index in [1.54, 1.807) is 43.1 Å². The first kappa shape index (κ1) is 15.3. The Labute approximate surface area is 124 Å². The van der Waals surface area contributed by atoms with E-state index in [9.17, 15) is 13.2 Å². The van der Waals surface area contributed by atoms with E-state index in [1.807, 2.05) is 0 Å². The van der Waals surface area contributed by atoms with Crippen LogP contribution in [-0.4, -0.2) is 49.7 Å². The third-order valence-corrected chi connectivity index (χ3v) is 5.60. The molecule has 1 heterocycles. The quantitative estimate of drug-likeness (QED) is 0.845. The van der Waals surface area contributed by atoms with Crippen LogP contribution in [0.2, 0.25) is 5.02 Å². The summed E-state index contributed by atoms with van der Waals surface area (Å²) in [7, 11) is -1.83. The number of rotatable bonds is 3. The van der Waals surface area contributed by atoms with Crippen molar-refractivity contribution in [3.63, 3.8) is 0 Å². The standard InChI is InChI=1S/C13H17ClN2O3S/c1-10-13(17)15(2)7-8-16(10)20(18,19)9-11-3-5-12(14)6-4-11/h3-6,10H,7-9H2,1-2H3. The first-order chi connectivity index (χ1) is 9.31. The maximum atomic E-state index is 12.4. The first-order valence-electron chi connectivity index (χ1n) is 6.30. The van der Waals surface area contributed by atoms with E-state index in [0.717, 1.165) is 0 Å². The van der Waals surface area contributed by atoms with Crippen molar-refractivity contribution in [2.75, 3.05) is 20.1 Å². The van der Waals surface area contributed by atoms with Gasteiger partial charge in [-0.15, -0.1) is 0 Å². The molecule has 2 rings (SSSR count). The van der Waals surface area contributed by atoms with Crippen molar-refractivity contribution < 1.29 is 13.2 Å². The normalized spacial score (nSPS) is 21.2. The van der Waals surface area contributed by atoms with Crippen LogP contribution in [0, 0.1) is 0 Å². The fourth-order valence-corrected chi connectivity index (χ4v) is 4.09. The average molecular weight is 317 g/mol. The van der Waals surface area contributed by atoms with Crippen LogP contribution in [0.4, 0.5) is 0 Å². The number of hydrogen-bond donors (Lipinski definition) is 0. The number of amides is 1. The van der Waals surface area contributed by atoms with Gasteiger partial charge in [-0.1, -0.05) is 23.7 Å². The van der Waals surface area contributed by atoms with Crippen LogP contribution >= 0.6 is 11.6 Å². The van der Waals surface area contributed by atoms with E-state index >= 15 is 0 Å². The molecule has 1 unspecified atom stereocenters. The minimum absolute atomic E-state index is 0.120. The van der Waals surface area contributed by atoms with Gasteiger partial charge in [0.1, 0.15) is 6.04 Å². The van der Waals surface area contributed by atoms with Crippen LogP contribution in [0.25, 0.3) is 0 Å². The molecule has 1 aliphatic heterocycles. The van der Waals surface area contributed by atoms with Crippen molar-refractivity contribution in [3.05, 3.63) is 34.9 Å². The van der Waals surface area contributed by atoms with Gasteiger partial charge in [0.25, 0.3) is 0 Å². The van der Waals surface area contributed by atoms with Crippen molar-refractivity contribution in [1.82, 2.24) is 9.21 Å². The zero-order chi connectivity index (χ0) is 14.9. The lowest BCUT2D eigenvalue weighted by molar-refractivity contribution is -0.136. The van der Waals surface area contributed by atoms with Crippen molar-refractivity contribution in [2.45, 2.75) is 18.7 Å². The number of hydrogen-bond acceptors (Lipinski definition) is 3. The molecule has 0 aliphatic carbocycles. The van der Waals surface area contributed by atoms with E-state index in [4.69, 9.17) is 11.6 Å². The topological polar surface area (TPSA) is 57.7 Å². The van der Waals surface area contributed by atoms with Gasteiger partial charge >= 0.3 is 0 Å². The molecule has 0 spiro atoms. The molecule has 0 aromatic heterocycles. The van der Waals surface area contributed by atoms with Gasteiger partial charge in [0.15, 0.2) is 0 Å². The van der Waals surface area contributed by atoms with Crippen LogP contribution in [-0.2, 0) is 20.6 Å². The van der Waals surface area contributed by atoms with Gasteiger partial charge in [-0.2, -0.15) is 4.31 Å². The van der Waals surface area contributed by atoms with E-state index < -0.39 is 16.1 Å². The number of halogens is 1. The smallest absolute Gasteiger partial charge is 0.240 e. The van der Waals surface area contributed by atoms with E-state index in [-0.39, 0.29) is 11.7 Å². The number of likely N-dealkylation sites (N-methyl/N-ethyl adjacent to an activating group) is 1. The minimum Gasteiger partial charge on any atom is -0.343 e. The summed E-state index contributed by atoms with van der Waals surface area (Å²) >= 11 is 5.78. The zero-order valence-electron chi connectivity index (χ0n) is 11.4. The first-order valence-corrected chi connectivity index (χ1v) is 8.29. The summed E-state index contributed by atoms with van der Waals surface area (Å²) in [5.41, 5.74) is 0.660. The average Bonchev–Trinajstić information content (AvgIpc) is 2.38. The Hall–Kier alpha value is -1.11. The summed E-state index contributed by atoms with van der Waals surface area (Å²) in [6.07, 6.45) is 0. The second kappa shape index (κ2) is 5.71. The molecule has 110 valence electrons. The van der Waals surface area contributed by atoms with Crippen LogP contribution in [0.15, 0.2) is 24.3 Å². The molecule has 0 saturated carbocycles. The monoisotopic (exact) mass is 316 g/mol. The van der Waals surface area contributed by atoms with Gasteiger partial charge in [-0.3, -0.25) is 4.79 Å². The van der Waals surface area contributed by atoms with E-state index in [0.29, 0.717) is 23.7 Å². The van der Waals surface area contributed by atoms with Gasteiger partial charge in [0, 0.05) is 25.2 Å². The maximum absolute atomic E-state index is 12.4. The number of sulfonamides is 1. The highest BCUT2D eigenvalue weighted by Crippen LogP contribution is 2.19. The molecule has 1 aromatic carbocycles. The molecule has 1 atom stereocenters. The SMILES string of the molecule is CC1C(=O)N(C)CCN1S(=O)(=O)Cc1ccc(Cl)cc1. The maximum Gasteiger partial charge on any atom is 0.240 e. The van der Waals surface area contributed by atoms with Crippen molar-refractivity contribution >= 4 is 27.5 Å². The van der Waals surface area contributed by atoms with Crippen molar-refractivity contribution in [3.8, 4) is 0 Å². The molecular formula is C13H17ClN2O3S. The predicted octanol–water partition coefficient (Wildman–Crippen LogP) is 1.33. The van der Waals surface area contributed by atoms with Gasteiger partial charge in [0.05, 0.1) is 5.75 Å². The fraction of sp³-hybridized carbons (Fsp3) is 0.462. The van der Waals surface area contributed by atoms with Crippen molar-refractivity contribution in [2.24, 2.45) is 0 Å². The summed E-state index contributed by atoms with van der Waals surface area (Å²) in [5.74, 6) is -0.290. The number of benzene rings is 1. The number of nitrogens with zero attached hydrogens (tertiary/aromatic N) is 2. The van der Waals surface area contributed by atoms with Crippen LogP contribution < -0.4 is 0 Å². The number of carbonyl (C=O) groups is 1. The molecule has 1 amide bonds. The predicted molar refractivity (Wildman–Crippen MR) is 77.9 cm³/mol. The Bertz CT molecular complexity index is 601. The minimum atomic E-state index is -3.51. The van der Waals surface area contributed by atoms with Gasteiger partial charge in [-0.25, -0.2) is 8.42 Å². The number of carbonyl (C=O) groups excluding carboxylic acids is 1. The summed E-state index contributed by atoms with van der Waals surface area (Å²) < 4.78 is 26.1. The van der Waals surface area contributed by atoms with Gasteiger partial charge in [-0.05, 0) is 24.6 Å². The summed E-state index contributed by atoms with van der Waals surface area (Å²) in [6.45, 7) is 2.37. The highest BCUT2D eigenvalue weighted by Gasteiger charge is 2.36. The van der Waals surface area contributed by atoms with Gasteiger partial charge in [0.2, 0.25) is 15.9 Å². The largest absolute Gasteiger partial charge is 0.343 e. The van der Waals surface area contributed by atoms with E-state index in [2.05, 4.69) is 0 Å². The second-order valence-electron chi connectivity index (χ2n) is 4.93. The number of piperazine rings is 1. The molecule has 0 bridgehead atoms. The Balaban J connectivity index is 2.18. The zero-order valence-corrected chi connectivity index (χ0v) is 13.0. The Morgan fingerprint density at radius 1 is 1.25 bits per heavy atom. The lowest BCUT2D eigenvalue weighted by Gasteiger charge is -2.36. The molecule has 1 fully saturated rings. The molecular weight excluding hydrogens is 300 g/mol. The van der Waals surface area contributed by atoms with E-state index in [1.165, 1.54) is 4.31 Å². The summed E-state index contributed by atoms with van der Waals surface area (Å²) in [6, 6.07) is 6.03. The van der Waals surface area contributed by atoms with Crippen molar-refractivity contribution in [1.29, 1.82) is 0 Å². The Kier molecular flexibility index (Phi) is 4.36. The van der Waals surface area contributed by atoms with Crippen LogP contribution in [0.1, 0.15) is 12.5 Å². The third-order valence-electron chi connectivity index (χ3n) is 3.44. The molecule has 20 heavy (non-hydrogen) atoms. The Morgan fingerprint density at radius 2 is 1.85 bits per heavy atom. The molecule has 1 saturated heterocycles. The van der Waals surface area contributed by atoms with Gasteiger partial charge < -0.3 is 4.90 Å². The molecule has 0 radical (unpaired) electrons. The lowest BCUT2D eigenvalue weighted by Crippen LogP contribution is -2.56.